The summed E-state index contributed by atoms with van der Waals surface area (Å²) in [6.45, 7) is 3.54. The molecule has 7 heteroatoms. The van der Waals surface area contributed by atoms with Crippen LogP contribution in [0, 0.1) is 5.82 Å². The number of halogens is 1. The zero-order valence-electron chi connectivity index (χ0n) is 18.5. The Morgan fingerprint density at radius 1 is 1.06 bits per heavy atom. The molecule has 0 saturated carbocycles. The summed E-state index contributed by atoms with van der Waals surface area (Å²) in [7, 11) is 1.63. The van der Waals surface area contributed by atoms with Gasteiger partial charge in [-0.05, 0) is 49.4 Å². The van der Waals surface area contributed by atoms with Crippen LogP contribution in [0.1, 0.15) is 22.8 Å². The quantitative estimate of drug-likeness (QED) is 0.565. The molecule has 3 aromatic carbocycles. The minimum Gasteiger partial charge on any atom is -0.497 e. The third-order valence-electron chi connectivity index (χ3n) is 6.03. The zero-order valence-corrected chi connectivity index (χ0v) is 18.5. The minimum atomic E-state index is -0.500. The fourth-order valence-corrected chi connectivity index (χ4v) is 4.31. The first-order chi connectivity index (χ1) is 16.0. The Labute approximate surface area is 191 Å². The zero-order chi connectivity index (χ0) is 22.9. The van der Waals surface area contributed by atoms with E-state index in [0.29, 0.717) is 36.9 Å². The molecule has 5 rings (SSSR count). The molecule has 168 valence electrons. The number of methoxy groups -OCH3 is 1. The average molecular weight is 445 g/mol. The van der Waals surface area contributed by atoms with Gasteiger partial charge in [-0.1, -0.05) is 24.3 Å². The van der Waals surface area contributed by atoms with Crippen molar-refractivity contribution >= 4 is 17.4 Å². The van der Waals surface area contributed by atoms with Gasteiger partial charge in [0.05, 0.1) is 18.2 Å². The van der Waals surface area contributed by atoms with E-state index >= 15 is 0 Å². The number of fused-ring (bicyclic) bond motifs is 2. The van der Waals surface area contributed by atoms with E-state index in [4.69, 9.17) is 14.5 Å². The Hall–Kier alpha value is -3.87. The Bertz CT molecular complexity index is 1240. The molecule has 0 radical (unpaired) electrons. The summed E-state index contributed by atoms with van der Waals surface area (Å²) in [6, 6.07) is 19.3. The van der Waals surface area contributed by atoms with Crippen molar-refractivity contribution in [1.29, 1.82) is 0 Å². The lowest BCUT2D eigenvalue weighted by molar-refractivity contribution is 0.0576. The van der Waals surface area contributed by atoms with E-state index in [1.54, 1.807) is 24.1 Å². The number of benzene rings is 3. The number of carbonyl (C=O) groups is 1. The maximum absolute atomic E-state index is 14.2. The number of amidine groups is 1. The van der Waals surface area contributed by atoms with Crippen molar-refractivity contribution in [2.75, 3.05) is 26.7 Å². The molecular weight excluding hydrogens is 421 g/mol. The first kappa shape index (κ1) is 21.0. The fraction of sp³-hybridized carbons (Fsp3) is 0.231. The summed E-state index contributed by atoms with van der Waals surface area (Å²) in [5, 5.41) is 0. The van der Waals surface area contributed by atoms with Gasteiger partial charge < -0.3 is 19.3 Å². The molecule has 1 atom stereocenters. The smallest absolute Gasteiger partial charge is 0.257 e. The number of hydrogen-bond donors (Lipinski definition) is 0. The molecule has 0 aromatic heterocycles. The lowest BCUT2D eigenvalue weighted by Gasteiger charge is -2.41. The number of aliphatic imine (C=N–C) groups is 1. The van der Waals surface area contributed by atoms with Crippen LogP contribution in [0.3, 0.4) is 0 Å². The summed E-state index contributed by atoms with van der Waals surface area (Å²) in [5.74, 6) is 2.05. The maximum atomic E-state index is 14.2. The van der Waals surface area contributed by atoms with E-state index in [-0.39, 0.29) is 17.5 Å². The second-order valence-electron chi connectivity index (χ2n) is 8.14. The molecule has 1 saturated heterocycles. The molecule has 3 aromatic rings. The van der Waals surface area contributed by atoms with Crippen molar-refractivity contribution < 1.29 is 18.7 Å². The highest BCUT2D eigenvalue weighted by molar-refractivity contribution is 6.04. The molecule has 1 fully saturated rings. The number of rotatable bonds is 2. The summed E-state index contributed by atoms with van der Waals surface area (Å²) < 4.78 is 25.8. The number of ether oxygens (including phenoxy) is 2. The third kappa shape index (κ3) is 3.91. The molecule has 2 aliphatic heterocycles. The lowest BCUT2D eigenvalue weighted by Crippen LogP contribution is -2.55. The van der Waals surface area contributed by atoms with Crippen molar-refractivity contribution in [2.45, 2.75) is 13.0 Å². The van der Waals surface area contributed by atoms with Crippen molar-refractivity contribution in [1.82, 2.24) is 9.80 Å². The van der Waals surface area contributed by atoms with Crippen LogP contribution in [0.5, 0.6) is 17.2 Å². The van der Waals surface area contributed by atoms with Crippen LogP contribution < -0.4 is 9.47 Å². The van der Waals surface area contributed by atoms with Gasteiger partial charge in [-0.3, -0.25) is 4.79 Å². The molecule has 2 heterocycles. The SMILES string of the molecule is COc1ccc2c(c1)C(N1CCN(C(=O)c3ccccc3F)C(C)C1)=Nc1ccccc1O2. The molecular formula is C26H24FN3O3. The van der Waals surface area contributed by atoms with Gasteiger partial charge in [0.2, 0.25) is 0 Å². The highest BCUT2D eigenvalue weighted by atomic mass is 19.1. The minimum absolute atomic E-state index is 0.0991. The molecule has 0 spiro atoms. The lowest BCUT2D eigenvalue weighted by atomic mass is 10.1. The van der Waals surface area contributed by atoms with Crippen LogP contribution in [0.15, 0.2) is 71.7 Å². The van der Waals surface area contributed by atoms with Gasteiger partial charge in [0.15, 0.2) is 5.75 Å². The topological polar surface area (TPSA) is 54.4 Å². The summed E-state index contributed by atoms with van der Waals surface area (Å²) in [4.78, 5) is 21.8. The normalized spacial score (nSPS) is 17.3. The predicted molar refractivity (Wildman–Crippen MR) is 124 cm³/mol. The van der Waals surface area contributed by atoms with E-state index < -0.39 is 5.82 Å². The van der Waals surface area contributed by atoms with Crippen molar-refractivity contribution in [3.63, 3.8) is 0 Å². The molecule has 0 N–H and O–H groups in total. The molecule has 33 heavy (non-hydrogen) atoms. The average Bonchev–Trinajstić information content (AvgIpc) is 3.00. The maximum Gasteiger partial charge on any atom is 0.257 e. The standard InChI is InChI=1S/C26H24FN3O3/c1-17-16-29(13-14-30(17)26(31)19-7-3-4-8-21(19)27)25-20-15-18(32-2)11-12-23(20)33-24-10-6-5-9-22(24)28-25/h3-12,15,17H,13-14,16H2,1-2H3. The van der Waals surface area contributed by atoms with Crippen LogP contribution in [0.25, 0.3) is 0 Å². The van der Waals surface area contributed by atoms with Gasteiger partial charge in [0.1, 0.15) is 28.8 Å². The van der Waals surface area contributed by atoms with Crippen LogP contribution in [0.4, 0.5) is 10.1 Å². The van der Waals surface area contributed by atoms with Gasteiger partial charge in [-0.25, -0.2) is 9.38 Å². The highest BCUT2D eigenvalue weighted by Gasteiger charge is 2.32. The predicted octanol–water partition coefficient (Wildman–Crippen LogP) is 4.86. The van der Waals surface area contributed by atoms with Gasteiger partial charge >= 0.3 is 0 Å². The summed E-state index contributed by atoms with van der Waals surface area (Å²) in [5.41, 5.74) is 1.66. The summed E-state index contributed by atoms with van der Waals surface area (Å²) >= 11 is 0. The monoisotopic (exact) mass is 445 g/mol. The Morgan fingerprint density at radius 2 is 1.85 bits per heavy atom. The Kier molecular flexibility index (Phi) is 5.46. The number of nitrogens with zero attached hydrogens (tertiary/aromatic N) is 3. The fourth-order valence-electron chi connectivity index (χ4n) is 4.31. The van der Waals surface area contributed by atoms with Crippen molar-refractivity contribution in [3.05, 3.63) is 83.7 Å². The molecule has 1 amide bonds. The number of piperazine rings is 1. The van der Waals surface area contributed by atoms with E-state index in [0.717, 1.165) is 17.1 Å². The van der Waals surface area contributed by atoms with Gasteiger partial charge in [0, 0.05) is 25.7 Å². The van der Waals surface area contributed by atoms with Gasteiger partial charge in [0.25, 0.3) is 5.91 Å². The van der Waals surface area contributed by atoms with E-state index in [1.165, 1.54) is 12.1 Å². The van der Waals surface area contributed by atoms with E-state index in [1.807, 2.05) is 49.4 Å². The molecule has 1 unspecified atom stereocenters. The second-order valence-corrected chi connectivity index (χ2v) is 8.14. The second kappa shape index (κ2) is 8.58. The van der Waals surface area contributed by atoms with Gasteiger partial charge in [-0.15, -0.1) is 0 Å². The van der Waals surface area contributed by atoms with Gasteiger partial charge in [-0.2, -0.15) is 0 Å². The molecule has 2 aliphatic rings. The molecule has 6 nitrogen and oxygen atoms in total. The van der Waals surface area contributed by atoms with Crippen molar-refractivity contribution in [2.24, 2.45) is 4.99 Å². The summed E-state index contributed by atoms with van der Waals surface area (Å²) in [6.07, 6.45) is 0. The molecule has 0 aliphatic carbocycles. The van der Waals surface area contributed by atoms with Crippen LogP contribution in [0.2, 0.25) is 0 Å². The number of carbonyl (C=O) groups excluding carboxylic acids is 1. The van der Waals surface area contributed by atoms with E-state index in [9.17, 15) is 9.18 Å². The molecule has 0 bridgehead atoms. The van der Waals surface area contributed by atoms with Crippen LogP contribution in [-0.4, -0.2) is 54.3 Å². The van der Waals surface area contributed by atoms with Crippen LogP contribution in [-0.2, 0) is 0 Å². The number of hydrogen-bond acceptors (Lipinski definition) is 5. The van der Waals surface area contributed by atoms with E-state index in [2.05, 4.69) is 4.90 Å². The van der Waals surface area contributed by atoms with Crippen molar-refractivity contribution in [3.8, 4) is 17.2 Å². The Balaban J connectivity index is 1.47. The first-order valence-electron chi connectivity index (χ1n) is 10.9. The Morgan fingerprint density at radius 3 is 2.64 bits per heavy atom. The number of amides is 1. The largest absolute Gasteiger partial charge is 0.497 e. The highest BCUT2D eigenvalue weighted by Crippen LogP contribution is 2.39. The third-order valence-corrected chi connectivity index (χ3v) is 6.03. The first-order valence-corrected chi connectivity index (χ1v) is 10.9. The van der Waals surface area contributed by atoms with Crippen LogP contribution >= 0.6 is 0 Å². The number of para-hydroxylation sites is 2.